The molecule has 4 rings (SSSR count). The van der Waals surface area contributed by atoms with Gasteiger partial charge in [-0.05, 0) is 35.9 Å². The maximum atomic E-state index is 12.8. The molecule has 0 unspecified atom stereocenters. The van der Waals surface area contributed by atoms with Crippen LogP contribution in [0.25, 0.3) is 0 Å². The number of methoxy groups -OCH3 is 2. The number of hydrogen-bond donors (Lipinski definition) is 0. The Morgan fingerprint density at radius 3 is 2.62 bits per heavy atom. The standard InChI is InChI=1S/C21H20BrClN2O5S2/c1-29-17-6-3-12(7-18(17)30-2)8-20(26)24-21-25(15-5-4-13(22)9-14(15)23)16-10-32(27,28)11-19(16)31-21/h3-7,9,16,19H,8,10-11H2,1-2H3/t16-,19-/m0/s1. The summed E-state index contributed by atoms with van der Waals surface area (Å²) in [6, 6.07) is 10.3. The van der Waals surface area contributed by atoms with Crippen LogP contribution in [-0.4, -0.2) is 56.5 Å². The molecule has 0 radical (unpaired) electrons. The first-order chi connectivity index (χ1) is 15.2. The number of carbonyl (C=O) groups is 1. The number of carbonyl (C=O) groups excluding carboxylic acids is 1. The highest BCUT2D eigenvalue weighted by atomic mass is 79.9. The molecule has 2 aliphatic heterocycles. The van der Waals surface area contributed by atoms with Crippen LogP contribution in [0.15, 0.2) is 45.9 Å². The Morgan fingerprint density at radius 2 is 1.94 bits per heavy atom. The quantitative estimate of drug-likeness (QED) is 0.548. The highest BCUT2D eigenvalue weighted by molar-refractivity contribution is 9.10. The van der Waals surface area contributed by atoms with Gasteiger partial charge in [0.2, 0.25) is 0 Å². The zero-order valence-corrected chi connectivity index (χ0v) is 21.2. The minimum Gasteiger partial charge on any atom is -0.493 e. The highest BCUT2D eigenvalue weighted by Gasteiger charge is 2.49. The van der Waals surface area contributed by atoms with Crippen LogP contribution in [0.3, 0.4) is 0 Å². The van der Waals surface area contributed by atoms with E-state index in [1.807, 2.05) is 6.07 Å². The van der Waals surface area contributed by atoms with Crippen molar-refractivity contribution < 1.29 is 22.7 Å². The van der Waals surface area contributed by atoms with Crippen molar-refractivity contribution in [1.29, 1.82) is 0 Å². The van der Waals surface area contributed by atoms with Crippen molar-refractivity contribution in [1.82, 2.24) is 0 Å². The first-order valence-electron chi connectivity index (χ1n) is 9.64. The lowest BCUT2D eigenvalue weighted by atomic mass is 10.1. The molecule has 7 nitrogen and oxygen atoms in total. The molecular weight excluding hydrogens is 540 g/mol. The minimum absolute atomic E-state index is 0.0000509. The monoisotopic (exact) mass is 558 g/mol. The van der Waals surface area contributed by atoms with Gasteiger partial charge in [0.1, 0.15) is 0 Å². The summed E-state index contributed by atoms with van der Waals surface area (Å²) < 4.78 is 35.8. The number of thioether (sulfide) groups is 1. The number of aliphatic imine (C=N–C) groups is 1. The molecule has 2 fully saturated rings. The molecule has 2 heterocycles. The molecule has 2 aliphatic rings. The fraction of sp³-hybridized carbons (Fsp3) is 0.333. The number of ether oxygens (including phenoxy) is 2. The Kier molecular flexibility index (Phi) is 6.76. The second-order valence-electron chi connectivity index (χ2n) is 7.42. The van der Waals surface area contributed by atoms with Gasteiger partial charge < -0.3 is 14.4 Å². The van der Waals surface area contributed by atoms with Gasteiger partial charge in [0.15, 0.2) is 26.5 Å². The number of halogens is 2. The van der Waals surface area contributed by atoms with Crippen molar-refractivity contribution in [3.63, 3.8) is 0 Å². The van der Waals surface area contributed by atoms with Gasteiger partial charge in [0, 0.05) is 9.72 Å². The van der Waals surface area contributed by atoms with E-state index >= 15 is 0 Å². The Morgan fingerprint density at radius 1 is 1.19 bits per heavy atom. The molecule has 0 aliphatic carbocycles. The Bertz CT molecular complexity index is 1200. The second-order valence-corrected chi connectivity index (χ2v) is 12.1. The van der Waals surface area contributed by atoms with Crippen LogP contribution in [0.2, 0.25) is 5.02 Å². The topological polar surface area (TPSA) is 85.3 Å². The Balaban J connectivity index is 1.64. The van der Waals surface area contributed by atoms with Crippen LogP contribution in [0.1, 0.15) is 5.56 Å². The van der Waals surface area contributed by atoms with Crippen LogP contribution < -0.4 is 14.4 Å². The van der Waals surface area contributed by atoms with E-state index in [-0.39, 0.29) is 35.1 Å². The molecule has 0 aromatic heterocycles. The summed E-state index contributed by atoms with van der Waals surface area (Å²) in [7, 11) is -0.0830. The van der Waals surface area contributed by atoms with Crippen molar-refractivity contribution in [3.05, 3.63) is 51.5 Å². The molecule has 11 heteroatoms. The number of sulfone groups is 1. The van der Waals surface area contributed by atoms with E-state index in [2.05, 4.69) is 20.9 Å². The highest BCUT2D eigenvalue weighted by Crippen LogP contribution is 2.43. The molecule has 32 heavy (non-hydrogen) atoms. The first-order valence-corrected chi connectivity index (χ1v) is 13.5. The average Bonchev–Trinajstić information content (AvgIpc) is 3.19. The van der Waals surface area contributed by atoms with Crippen LogP contribution in [0, 0.1) is 0 Å². The van der Waals surface area contributed by atoms with Gasteiger partial charge in [0.25, 0.3) is 5.91 Å². The summed E-state index contributed by atoms with van der Waals surface area (Å²) >= 11 is 11.2. The molecule has 0 spiro atoms. The normalized spacial score (nSPS) is 22.8. The maximum absolute atomic E-state index is 12.8. The smallest absolute Gasteiger partial charge is 0.252 e. The molecule has 0 saturated carbocycles. The predicted molar refractivity (Wildman–Crippen MR) is 131 cm³/mol. The lowest BCUT2D eigenvalue weighted by molar-refractivity contribution is -0.117. The second kappa shape index (κ2) is 9.24. The number of amides is 1. The number of benzene rings is 2. The summed E-state index contributed by atoms with van der Waals surface area (Å²) in [4.78, 5) is 19.0. The number of amidine groups is 1. The Labute approximate surface area is 204 Å². The number of rotatable bonds is 5. The van der Waals surface area contributed by atoms with E-state index in [0.717, 1.165) is 10.0 Å². The van der Waals surface area contributed by atoms with E-state index in [1.165, 1.54) is 18.9 Å². The SMILES string of the molecule is COc1ccc(CC(=O)N=C2S[C@H]3CS(=O)(=O)C[C@@H]3N2c2ccc(Br)cc2Cl)cc1OC. The molecule has 170 valence electrons. The van der Waals surface area contributed by atoms with Gasteiger partial charge in [-0.2, -0.15) is 4.99 Å². The minimum atomic E-state index is -3.16. The van der Waals surface area contributed by atoms with Crippen molar-refractivity contribution in [3.8, 4) is 11.5 Å². The first kappa shape index (κ1) is 23.4. The molecule has 0 N–H and O–H groups in total. The molecule has 2 aromatic rings. The Hall–Kier alpha value is -1.75. The number of hydrogen-bond acceptors (Lipinski definition) is 6. The molecule has 2 aromatic carbocycles. The van der Waals surface area contributed by atoms with E-state index in [1.54, 1.807) is 42.3 Å². The number of nitrogens with zero attached hydrogens (tertiary/aromatic N) is 2. The van der Waals surface area contributed by atoms with E-state index in [9.17, 15) is 13.2 Å². The van der Waals surface area contributed by atoms with E-state index in [4.69, 9.17) is 21.1 Å². The average molecular weight is 560 g/mol. The van der Waals surface area contributed by atoms with Gasteiger partial charge in [-0.3, -0.25) is 4.79 Å². The van der Waals surface area contributed by atoms with Crippen molar-refractivity contribution in [2.45, 2.75) is 17.7 Å². The summed E-state index contributed by atoms with van der Waals surface area (Å²) in [5.74, 6) is 0.812. The third kappa shape index (κ3) is 4.78. The van der Waals surface area contributed by atoms with Crippen molar-refractivity contribution in [2.75, 3.05) is 30.6 Å². The van der Waals surface area contributed by atoms with Crippen LogP contribution >= 0.6 is 39.3 Å². The lowest BCUT2D eigenvalue weighted by Crippen LogP contribution is -2.38. The molecule has 1 amide bonds. The van der Waals surface area contributed by atoms with Gasteiger partial charge in [0.05, 0.1) is 48.9 Å². The third-order valence-electron chi connectivity index (χ3n) is 5.26. The van der Waals surface area contributed by atoms with Gasteiger partial charge in [-0.1, -0.05) is 45.4 Å². The fourth-order valence-corrected chi connectivity index (χ4v) is 8.52. The maximum Gasteiger partial charge on any atom is 0.252 e. The fourth-order valence-electron chi connectivity index (χ4n) is 3.83. The van der Waals surface area contributed by atoms with E-state index in [0.29, 0.717) is 27.4 Å². The summed E-state index contributed by atoms with van der Waals surface area (Å²) in [5.41, 5.74) is 1.36. The molecule has 2 atom stereocenters. The molecule has 0 bridgehead atoms. The summed E-state index contributed by atoms with van der Waals surface area (Å²) in [5, 5.41) is 0.710. The van der Waals surface area contributed by atoms with Crippen LogP contribution in [-0.2, 0) is 21.1 Å². The number of fused-ring (bicyclic) bond motifs is 1. The van der Waals surface area contributed by atoms with E-state index < -0.39 is 9.84 Å². The molecular formula is C21H20BrClN2O5S2. The molecule has 2 saturated heterocycles. The largest absolute Gasteiger partial charge is 0.493 e. The van der Waals surface area contributed by atoms with Crippen molar-refractivity contribution >= 4 is 65.9 Å². The van der Waals surface area contributed by atoms with Gasteiger partial charge in [-0.25, -0.2) is 8.42 Å². The summed E-state index contributed by atoms with van der Waals surface area (Å²) in [6.45, 7) is 0. The van der Waals surface area contributed by atoms with Crippen LogP contribution in [0.4, 0.5) is 5.69 Å². The van der Waals surface area contributed by atoms with Gasteiger partial charge in [-0.15, -0.1) is 0 Å². The predicted octanol–water partition coefficient (Wildman–Crippen LogP) is 3.96. The zero-order valence-electron chi connectivity index (χ0n) is 17.2. The van der Waals surface area contributed by atoms with Crippen LogP contribution in [0.5, 0.6) is 11.5 Å². The summed E-state index contributed by atoms with van der Waals surface area (Å²) in [6.07, 6.45) is 0.0694. The van der Waals surface area contributed by atoms with Gasteiger partial charge >= 0.3 is 0 Å². The zero-order chi connectivity index (χ0) is 23.0. The third-order valence-corrected chi connectivity index (χ3v) is 9.27. The number of anilines is 1. The lowest BCUT2D eigenvalue weighted by Gasteiger charge is -2.25. The van der Waals surface area contributed by atoms with Crippen molar-refractivity contribution in [2.24, 2.45) is 4.99 Å².